The van der Waals surface area contributed by atoms with Crippen molar-refractivity contribution in [2.75, 3.05) is 5.32 Å². The summed E-state index contributed by atoms with van der Waals surface area (Å²) in [5.74, 6) is -1.17. The van der Waals surface area contributed by atoms with Crippen LogP contribution in [0.4, 0.5) is 5.69 Å². The van der Waals surface area contributed by atoms with Crippen LogP contribution in [-0.2, 0) is 4.79 Å². The molecule has 0 saturated carbocycles. The number of aromatic carboxylic acids is 1. The molecule has 5 nitrogen and oxygen atoms in total. The standard InChI is InChI=1S/C15H14ClNO4/c1-8(2)14(18)17-9-3-4-10(11(16)7-9)12-5-6-13(21-12)15(19)20/h3-8H,1-2H3,(H,17,18)(H,19,20). The molecule has 2 N–H and O–H groups in total. The Labute approximate surface area is 126 Å². The summed E-state index contributed by atoms with van der Waals surface area (Å²) in [5, 5.41) is 11.9. The summed E-state index contributed by atoms with van der Waals surface area (Å²) in [7, 11) is 0. The molecule has 0 bridgehead atoms. The lowest BCUT2D eigenvalue weighted by Crippen LogP contribution is -2.17. The number of carboxylic acid groups (broad SMARTS) is 1. The molecular formula is C15H14ClNO4. The zero-order chi connectivity index (χ0) is 15.6. The number of carbonyl (C=O) groups excluding carboxylic acids is 1. The Morgan fingerprint density at radius 1 is 1.24 bits per heavy atom. The van der Waals surface area contributed by atoms with E-state index >= 15 is 0 Å². The van der Waals surface area contributed by atoms with Gasteiger partial charge in [-0.3, -0.25) is 4.79 Å². The molecule has 2 aromatic rings. The van der Waals surface area contributed by atoms with Crippen LogP contribution in [0.1, 0.15) is 24.4 Å². The molecule has 0 unspecified atom stereocenters. The van der Waals surface area contributed by atoms with Gasteiger partial charge in [-0.05, 0) is 30.3 Å². The molecule has 0 radical (unpaired) electrons. The van der Waals surface area contributed by atoms with E-state index in [1.165, 1.54) is 12.1 Å². The van der Waals surface area contributed by atoms with Crippen molar-refractivity contribution in [3.8, 4) is 11.3 Å². The maximum absolute atomic E-state index is 11.6. The number of amides is 1. The van der Waals surface area contributed by atoms with Crippen molar-refractivity contribution in [2.24, 2.45) is 5.92 Å². The van der Waals surface area contributed by atoms with E-state index in [1.807, 2.05) is 0 Å². The van der Waals surface area contributed by atoms with Crippen LogP contribution in [0.25, 0.3) is 11.3 Å². The van der Waals surface area contributed by atoms with Crippen molar-refractivity contribution in [3.63, 3.8) is 0 Å². The van der Waals surface area contributed by atoms with Crippen molar-refractivity contribution in [1.82, 2.24) is 0 Å². The van der Waals surface area contributed by atoms with Crippen LogP contribution in [0.3, 0.4) is 0 Å². The van der Waals surface area contributed by atoms with Crippen molar-refractivity contribution in [3.05, 3.63) is 41.1 Å². The number of nitrogens with one attached hydrogen (secondary N) is 1. The van der Waals surface area contributed by atoms with Gasteiger partial charge in [0.2, 0.25) is 11.7 Å². The van der Waals surface area contributed by atoms with Crippen LogP contribution >= 0.6 is 11.6 Å². The third kappa shape index (κ3) is 3.44. The number of carboxylic acids is 1. The minimum atomic E-state index is -1.14. The first kappa shape index (κ1) is 15.1. The molecule has 0 fully saturated rings. The number of hydrogen-bond acceptors (Lipinski definition) is 3. The average Bonchev–Trinajstić information content (AvgIpc) is 2.88. The van der Waals surface area contributed by atoms with Gasteiger partial charge in [-0.15, -0.1) is 0 Å². The van der Waals surface area contributed by atoms with E-state index < -0.39 is 5.97 Å². The van der Waals surface area contributed by atoms with E-state index in [2.05, 4.69) is 5.32 Å². The van der Waals surface area contributed by atoms with E-state index in [-0.39, 0.29) is 17.6 Å². The largest absolute Gasteiger partial charge is 0.475 e. The molecule has 110 valence electrons. The lowest BCUT2D eigenvalue weighted by Gasteiger charge is -2.09. The van der Waals surface area contributed by atoms with Gasteiger partial charge in [0, 0.05) is 17.2 Å². The maximum Gasteiger partial charge on any atom is 0.371 e. The Kier molecular flexibility index (Phi) is 4.33. The molecule has 0 atom stereocenters. The van der Waals surface area contributed by atoms with Gasteiger partial charge in [0.1, 0.15) is 5.76 Å². The number of hydrogen-bond donors (Lipinski definition) is 2. The highest BCUT2D eigenvalue weighted by Crippen LogP contribution is 2.31. The summed E-state index contributed by atoms with van der Waals surface area (Å²) in [6, 6.07) is 7.85. The zero-order valence-electron chi connectivity index (χ0n) is 11.5. The van der Waals surface area contributed by atoms with Gasteiger partial charge in [0.15, 0.2) is 0 Å². The smallest absolute Gasteiger partial charge is 0.371 e. The number of anilines is 1. The summed E-state index contributed by atoms with van der Waals surface area (Å²) in [6.45, 7) is 3.59. The molecule has 21 heavy (non-hydrogen) atoms. The highest BCUT2D eigenvalue weighted by atomic mass is 35.5. The minimum Gasteiger partial charge on any atom is -0.475 e. The molecule has 6 heteroatoms. The molecule has 1 heterocycles. The lowest BCUT2D eigenvalue weighted by atomic mass is 10.1. The minimum absolute atomic E-state index is 0.107. The first-order chi connectivity index (χ1) is 9.88. The van der Waals surface area contributed by atoms with Crippen LogP contribution in [0.15, 0.2) is 34.7 Å². The Morgan fingerprint density at radius 2 is 1.95 bits per heavy atom. The number of rotatable bonds is 4. The molecule has 1 aromatic heterocycles. The Hall–Kier alpha value is -2.27. The fourth-order valence-corrected chi connectivity index (χ4v) is 1.95. The first-order valence-electron chi connectivity index (χ1n) is 6.32. The summed E-state index contributed by atoms with van der Waals surface area (Å²) in [4.78, 5) is 22.4. The number of benzene rings is 1. The van der Waals surface area contributed by atoms with E-state index in [1.54, 1.807) is 32.0 Å². The van der Waals surface area contributed by atoms with Crippen molar-refractivity contribution < 1.29 is 19.1 Å². The fraction of sp³-hybridized carbons (Fsp3) is 0.200. The first-order valence-corrected chi connectivity index (χ1v) is 6.70. The second kappa shape index (κ2) is 6.01. The fourth-order valence-electron chi connectivity index (χ4n) is 1.68. The van der Waals surface area contributed by atoms with Crippen LogP contribution in [-0.4, -0.2) is 17.0 Å². The van der Waals surface area contributed by atoms with Crippen LogP contribution in [0.5, 0.6) is 0 Å². The van der Waals surface area contributed by atoms with Gasteiger partial charge in [-0.2, -0.15) is 0 Å². The molecule has 0 aliphatic heterocycles. The third-order valence-corrected chi connectivity index (χ3v) is 3.16. The van der Waals surface area contributed by atoms with Crippen molar-refractivity contribution in [1.29, 1.82) is 0 Å². The average molecular weight is 308 g/mol. The Morgan fingerprint density at radius 3 is 2.48 bits per heavy atom. The molecule has 2 rings (SSSR count). The molecule has 0 saturated heterocycles. The molecule has 0 aliphatic carbocycles. The predicted octanol–water partition coefficient (Wildman–Crippen LogP) is 3.89. The van der Waals surface area contributed by atoms with E-state index in [0.29, 0.717) is 22.0 Å². The zero-order valence-corrected chi connectivity index (χ0v) is 12.3. The third-order valence-electron chi connectivity index (χ3n) is 2.84. The summed E-state index contributed by atoms with van der Waals surface area (Å²) in [5.41, 5.74) is 1.14. The van der Waals surface area contributed by atoms with Gasteiger partial charge in [0.05, 0.1) is 5.02 Å². The predicted molar refractivity (Wildman–Crippen MR) is 79.6 cm³/mol. The van der Waals surface area contributed by atoms with Gasteiger partial charge in [-0.1, -0.05) is 25.4 Å². The van der Waals surface area contributed by atoms with Gasteiger partial charge >= 0.3 is 5.97 Å². The van der Waals surface area contributed by atoms with Crippen molar-refractivity contribution >= 4 is 29.2 Å². The number of carbonyl (C=O) groups is 2. The number of furan rings is 1. The summed E-state index contributed by atoms with van der Waals surface area (Å²) < 4.78 is 5.20. The molecule has 1 amide bonds. The second-order valence-corrected chi connectivity index (χ2v) is 5.21. The highest BCUT2D eigenvalue weighted by molar-refractivity contribution is 6.33. The van der Waals surface area contributed by atoms with Crippen LogP contribution < -0.4 is 5.32 Å². The Balaban J connectivity index is 2.26. The maximum atomic E-state index is 11.6. The topological polar surface area (TPSA) is 79.5 Å². The highest BCUT2D eigenvalue weighted by Gasteiger charge is 2.14. The molecule has 0 spiro atoms. The molecule has 0 aliphatic rings. The van der Waals surface area contributed by atoms with Gasteiger partial charge < -0.3 is 14.8 Å². The molecular weight excluding hydrogens is 294 g/mol. The summed E-state index contributed by atoms with van der Waals surface area (Å²) >= 11 is 6.16. The van der Waals surface area contributed by atoms with Crippen LogP contribution in [0, 0.1) is 5.92 Å². The quantitative estimate of drug-likeness (QED) is 0.898. The second-order valence-electron chi connectivity index (χ2n) is 4.81. The SMILES string of the molecule is CC(C)C(=O)Nc1ccc(-c2ccc(C(=O)O)o2)c(Cl)c1. The van der Waals surface area contributed by atoms with Gasteiger partial charge in [-0.25, -0.2) is 4.79 Å². The van der Waals surface area contributed by atoms with E-state index in [9.17, 15) is 9.59 Å². The normalized spacial score (nSPS) is 10.7. The Bertz CT molecular complexity index is 691. The van der Waals surface area contributed by atoms with E-state index in [4.69, 9.17) is 21.1 Å². The monoisotopic (exact) mass is 307 g/mol. The van der Waals surface area contributed by atoms with Crippen molar-refractivity contribution in [2.45, 2.75) is 13.8 Å². The molecule has 1 aromatic carbocycles. The van der Waals surface area contributed by atoms with E-state index in [0.717, 1.165) is 0 Å². The lowest BCUT2D eigenvalue weighted by molar-refractivity contribution is -0.118. The van der Waals surface area contributed by atoms with Gasteiger partial charge in [0.25, 0.3) is 0 Å². The van der Waals surface area contributed by atoms with Crippen LogP contribution in [0.2, 0.25) is 5.02 Å². The number of halogens is 1. The summed E-state index contributed by atoms with van der Waals surface area (Å²) in [6.07, 6.45) is 0.